The van der Waals surface area contributed by atoms with Crippen molar-refractivity contribution in [1.29, 1.82) is 0 Å². The van der Waals surface area contributed by atoms with Crippen molar-refractivity contribution in [2.24, 2.45) is 11.5 Å². The number of fused-ring (bicyclic) bond motifs is 1. The Kier molecular flexibility index (Phi) is 6.34. The van der Waals surface area contributed by atoms with E-state index in [9.17, 15) is 4.79 Å². The van der Waals surface area contributed by atoms with Crippen LogP contribution < -0.4 is 27.6 Å². The average molecular weight is 419 g/mol. The predicted octanol–water partition coefficient (Wildman–Crippen LogP) is 0.270. The van der Waals surface area contributed by atoms with Crippen LogP contribution in [0.15, 0.2) is 24.8 Å². The second kappa shape index (κ2) is 8.59. The molecular weight excluding hydrogens is 388 g/mol. The van der Waals surface area contributed by atoms with Crippen molar-refractivity contribution in [2.45, 2.75) is 44.6 Å². The lowest BCUT2D eigenvalue weighted by atomic mass is 10.0. The van der Waals surface area contributed by atoms with Crippen LogP contribution in [-0.4, -0.2) is 47.5 Å². The molecular formula is C18H30N8O2Si. The van der Waals surface area contributed by atoms with E-state index in [4.69, 9.17) is 16.2 Å². The summed E-state index contributed by atoms with van der Waals surface area (Å²) in [7, 11) is -1.13. The number of nitrogens with one attached hydrogen (secondary N) is 3. The SMILES string of the molecule is C[Si](C)(C)CCOCn1ccc2c(C3=CNNC3(N)NCCC(N)=O)ncnc21. The highest BCUT2D eigenvalue weighted by Gasteiger charge is 2.35. The molecule has 2 aromatic rings. The van der Waals surface area contributed by atoms with E-state index in [0.29, 0.717) is 24.5 Å². The number of carbonyl (C=O) groups excluding carboxylic acids is 1. The van der Waals surface area contributed by atoms with E-state index < -0.39 is 19.8 Å². The number of hydrogen-bond donors (Lipinski definition) is 5. The molecule has 0 spiro atoms. The molecule has 10 nitrogen and oxygen atoms in total. The fourth-order valence-electron chi connectivity index (χ4n) is 3.04. The van der Waals surface area contributed by atoms with E-state index >= 15 is 0 Å². The van der Waals surface area contributed by atoms with Crippen molar-refractivity contribution in [1.82, 2.24) is 30.7 Å². The second-order valence-corrected chi connectivity index (χ2v) is 14.0. The highest BCUT2D eigenvalue weighted by molar-refractivity contribution is 6.76. The summed E-state index contributed by atoms with van der Waals surface area (Å²) in [5.41, 5.74) is 19.8. The minimum Gasteiger partial charge on any atom is -0.370 e. The Morgan fingerprint density at radius 1 is 1.38 bits per heavy atom. The van der Waals surface area contributed by atoms with Crippen molar-refractivity contribution >= 4 is 30.6 Å². The molecule has 2 aromatic heterocycles. The molecule has 1 amide bonds. The number of carbonyl (C=O) groups is 1. The van der Waals surface area contributed by atoms with Crippen molar-refractivity contribution in [2.75, 3.05) is 13.2 Å². The fraction of sp³-hybridized carbons (Fsp3) is 0.500. The topological polar surface area (TPSA) is 145 Å². The normalized spacial score (nSPS) is 19.4. The summed E-state index contributed by atoms with van der Waals surface area (Å²) in [5, 5.41) is 3.98. The van der Waals surface area contributed by atoms with Crippen LogP contribution in [0.5, 0.6) is 0 Å². The summed E-state index contributed by atoms with van der Waals surface area (Å²) in [6.07, 6.45) is 5.38. The molecule has 0 bridgehead atoms. The first kappa shape index (κ1) is 21.4. The number of amides is 1. The molecule has 11 heteroatoms. The van der Waals surface area contributed by atoms with Crippen LogP contribution in [-0.2, 0) is 16.3 Å². The third kappa shape index (κ3) is 5.19. The molecule has 3 heterocycles. The summed E-state index contributed by atoms with van der Waals surface area (Å²) in [4.78, 5) is 19.9. The molecule has 1 aliphatic heterocycles. The van der Waals surface area contributed by atoms with Gasteiger partial charge in [0.05, 0.1) is 5.69 Å². The Labute approximate surface area is 171 Å². The second-order valence-electron chi connectivity index (χ2n) is 8.37. The zero-order valence-corrected chi connectivity index (χ0v) is 18.2. The number of aromatic nitrogens is 3. The quantitative estimate of drug-likeness (QED) is 0.210. The first-order valence-electron chi connectivity index (χ1n) is 9.63. The molecule has 0 fully saturated rings. The predicted molar refractivity (Wildman–Crippen MR) is 115 cm³/mol. The van der Waals surface area contributed by atoms with Gasteiger partial charge in [0.1, 0.15) is 18.7 Å². The van der Waals surface area contributed by atoms with Crippen LogP contribution >= 0.6 is 0 Å². The van der Waals surface area contributed by atoms with Crippen molar-refractivity contribution < 1.29 is 9.53 Å². The average Bonchev–Trinajstić information content (AvgIpc) is 3.21. The number of hydrazine groups is 1. The summed E-state index contributed by atoms with van der Waals surface area (Å²) < 4.78 is 7.82. The molecule has 1 unspecified atom stereocenters. The van der Waals surface area contributed by atoms with Gasteiger partial charge in [-0.25, -0.2) is 9.97 Å². The first-order chi connectivity index (χ1) is 13.7. The lowest BCUT2D eigenvalue weighted by molar-refractivity contribution is -0.117. The van der Waals surface area contributed by atoms with E-state index in [1.807, 2.05) is 16.8 Å². The van der Waals surface area contributed by atoms with Gasteiger partial charge in [0, 0.05) is 51.0 Å². The van der Waals surface area contributed by atoms with Crippen LogP contribution in [0.1, 0.15) is 12.1 Å². The maximum Gasteiger partial charge on any atom is 0.218 e. The molecule has 0 saturated carbocycles. The molecule has 1 aliphatic rings. The van der Waals surface area contributed by atoms with Gasteiger partial charge in [-0.05, 0) is 12.1 Å². The van der Waals surface area contributed by atoms with E-state index in [0.717, 1.165) is 23.7 Å². The standard InChI is InChI=1S/C18H30N8O2Si/c1-29(2,3)9-8-28-12-26-7-5-13-16(21-11-22-17(13)26)14-10-24-25-18(14,20)23-6-4-15(19)27/h5,7,10-11,23-25H,4,6,8-9,12,20H2,1-3H3,(H2,19,27). The fourth-order valence-corrected chi connectivity index (χ4v) is 3.80. The summed E-state index contributed by atoms with van der Waals surface area (Å²) in [6, 6.07) is 3.07. The molecule has 0 radical (unpaired) electrons. The van der Waals surface area contributed by atoms with E-state index in [1.165, 1.54) is 6.33 Å². The number of rotatable bonds is 10. The number of ether oxygens (including phenoxy) is 1. The zero-order chi connectivity index (χ0) is 21.1. The first-order valence-corrected chi connectivity index (χ1v) is 13.3. The monoisotopic (exact) mass is 418 g/mol. The van der Waals surface area contributed by atoms with Gasteiger partial charge in [-0.3, -0.25) is 15.8 Å². The summed E-state index contributed by atoms with van der Waals surface area (Å²) in [6.45, 7) is 8.49. The van der Waals surface area contributed by atoms with E-state index in [-0.39, 0.29) is 6.42 Å². The molecule has 3 rings (SSSR count). The molecule has 7 N–H and O–H groups in total. The minimum absolute atomic E-state index is 0.179. The molecule has 29 heavy (non-hydrogen) atoms. The van der Waals surface area contributed by atoms with E-state index in [2.05, 4.69) is 45.8 Å². The highest BCUT2D eigenvalue weighted by atomic mass is 28.3. The Hall–Kier alpha value is -2.31. The Morgan fingerprint density at radius 2 is 2.17 bits per heavy atom. The summed E-state index contributed by atoms with van der Waals surface area (Å²) in [5.74, 6) is -1.49. The largest absolute Gasteiger partial charge is 0.370 e. The zero-order valence-electron chi connectivity index (χ0n) is 17.2. The number of hydrogen-bond acceptors (Lipinski definition) is 8. The number of primary amides is 1. The van der Waals surface area contributed by atoms with Crippen LogP contribution in [0, 0.1) is 0 Å². The highest BCUT2D eigenvalue weighted by Crippen LogP contribution is 2.28. The van der Waals surface area contributed by atoms with Gasteiger partial charge in [-0.1, -0.05) is 19.6 Å². The smallest absolute Gasteiger partial charge is 0.218 e. The maximum absolute atomic E-state index is 11.0. The molecule has 0 saturated heterocycles. The van der Waals surface area contributed by atoms with Crippen molar-refractivity contribution in [3.8, 4) is 0 Å². The Bertz CT molecular complexity index is 907. The van der Waals surface area contributed by atoms with Crippen molar-refractivity contribution in [3.63, 3.8) is 0 Å². The van der Waals surface area contributed by atoms with Crippen LogP contribution in [0.3, 0.4) is 0 Å². The molecule has 158 valence electrons. The van der Waals surface area contributed by atoms with Crippen LogP contribution in [0.4, 0.5) is 0 Å². The third-order valence-corrected chi connectivity index (χ3v) is 6.43. The van der Waals surface area contributed by atoms with Crippen molar-refractivity contribution in [3.05, 3.63) is 30.5 Å². The molecule has 0 aromatic carbocycles. The minimum atomic E-state index is -1.13. The van der Waals surface area contributed by atoms with Gasteiger partial charge in [0.2, 0.25) is 5.91 Å². The van der Waals surface area contributed by atoms with Crippen LogP contribution in [0.25, 0.3) is 16.6 Å². The lowest BCUT2D eigenvalue weighted by Gasteiger charge is -2.28. The Morgan fingerprint density at radius 3 is 2.90 bits per heavy atom. The lowest BCUT2D eigenvalue weighted by Crippen LogP contribution is -2.64. The summed E-state index contributed by atoms with van der Waals surface area (Å²) >= 11 is 0. The van der Waals surface area contributed by atoms with Gasteiger partial charge in [-0.15, -0.1) is 0 Å². The third-order valence-electron chi connectivity index (χ3n) is 4.72. The van der Waals surface area contributed by atoms with Gasteiger partial charge in [0.15, 0.2) is 5.79 Å². The number of nitrogens with two attached hydrogens (primary N) is 2. The van der Waals surface area contributed by atoms with Gasteiger partial charge < -0.3 is 20.5 Å². The molecule has 0 aliphatic carbocycles. The Balaban J connectivity index is 1.76. The van der Waals surface area contributed by atoms with Crippen LogP contribution in [0.2, 0.25) is 25.7 Å². The molecule has 1 atom stereocenters. The number of nitrogens with zero attached hydrogens (tertiary/aromatic N) is 3. The van der Waals surface area contributed by atoms with E-state index in [1.54, 1.807) is 6.20 Å². The van der Waals surface area contributed by atoms with Gasteiger partial charge >= 0.3 is 0 Å². The van der Waals surface area contributed by atoms with Gasteiger partial charge in [0.25, 0.3) is 0 Å². The maximum atomic E-state index is 11.0. The van der Waals surface area contributed by atoms with Gasteiger partial charge in [-0.2, -0.15) is 5.43 Å².